The van der Waals surface area contributed by atoms with E-state index in [2.05, 4.69) is 36.8 Å². The number of hydrogen-bond acceptors (Lipinski definition) is 4. The third kappa shape index (κ3) is 4.23. The molecule has 170 valence electrons. The van der Waals surface area contributed by atoms with E-state index in [9.17, 15) is 18.0 Å². The molecule has 1 aliphatic rings. The fourth-order valence-corrected chi connectivity index (χ4v) is 4.15. The molecule has 0 saturated heterocycles. The van der Waals surface area contributed by atoms with Crippen molar-refractivity contribution in [2.24, 2.45) is 7.05 Å². The molecule has 2 atom stereocenters. The summed E-state index contributed by atoms with van der Waals surface area (Å²) in [5.41, 5.74) is 2.05. The second kappa shape index (κ2) is 8.43. The lowest BCUT2D eigenvalue weighted by Gasteiger charge is -2.33. The van der Waals surface area contributed by atoms with Crippen molar-refractivity contribution in [2.75, 3.05) is 5.32 Å². The van der Waals surface area contributed by atoms with E-state index in [0.29, 0.717) is 5.56 Å². The molecule has 0 radical (unpaired) electrons. The first-order valence-corrected chi connectivity index (χ1v) is 10.9. The van der Waals surface area contributed by atoms with E-state index in [1.165, 1.54) is 0 Å². The van der Waals surface area contributed by atoms with E-state index >= 15 is 0 Å². The number of benzene rings is 1. The fraction of sp³-hybridized carbons (Fsp3) is 0.350. The quantitative estimate of drug-likeness (QED) is 0.501. The number of carbonyl (C=O) groups is 1. The van der Waals surface area contributed by atoms with Crippen LogP contribution in [-0.2, 0) is 13.6 Å². The topological polar surface area (TPSA) is 76.8 Å². The van der Waals surface area contributed by atoms with Crippen LogP contribution < -0.4 is 10.6 Å². The smallest absolute Gasteiger partial charge is 0.362 e. The molecular formula is C20H19BrClF3N6O. The maximum absolute atomic E-state index is 13.9. The SMILES string of the molecule is Cc1c(CNC(=O)c2nn3c(c2Cl)N[C@@H](c2ccc(Br)cc2)C[C@@H]3C(F)(F)F)cnn1C. The molecule has 4 rings (SSSR count). The summed E-state index contributed by atoms with van der Waals surface area (Å²) in [6.07, 6.45) is -3.24. The largest absolute Gasteiger partial charge is 0.410 e. The van der Waals surface area contributed by atoms with Crippen LogP contribution in [0.5, 0.6) is 0 Å². The van der Waals surface area contributed by atoms with Gasteiger partial charge in [-0.1, -0.05) is 39.7 Å². The Bertz CT molecular complexity index is 1160. The fourth-order valence-electron chi connectivity index (χ4n) is 3.63. The number of aryl methyl sites for hydroxylation is 1. The normalized spacial score (nSPS) is 18.2. The zero-order chi connectivity index (χ0) is 23.2. The standard InChI is InChI=1S/C20H19BrClF3N6O/c1-10-12(9-27-30(10)2)8-26-19(32)17-16(22)18-28-14(11-3-5-13(21)6-4-11)7-15(20(23,24)25)31(18)29-17/h3-6,9,14-15,28H,7-8H2,1-2H3,(H,26,32)/t14-,15-/m1/s1. The van der Waals surface area contributed by atoms with E-state index in [1.807, 2.05) is 6.92 Å². The minimum atomic E-state index is -4.57. The summed E-state index contributed by atoms with van der Waals surface area (Å²) in [4.78, 5) is 12.7. The summed E-state index contributed by atoms with van der Waals surface area (Å²) in [7, 11) is 1.77. The zero-order valence-electron chi connectivity index (χ0n) is 17.0. The van der Waals surface area contributed by atoms with Gasteiger partial charge in [-0.2, -0.15) is 23.4 Å². The Kier molecular flexibility index (Phi) is 5.97. The predicted octanol–water partition coefficient (Wildman–Crippen LogP) is 4.93. The number of nitrogens with zero attached hydrogens (tertiary/aromatic N) is 4. The average molecular weight is 532 g/mol. The van der Waals surface area contributed by atoms with Crippen LogP contribution in [0.2, 0.25) is 5.02 Å². The van der Waals surface area contributed by atoms with Gasteiger partial charge in [0, 0.05) is 35.7 Å². The number of aromatic nitrogens is 4. The predicted molar refractivity (Wildman–Crippen MR) is 117 cm³/mol. The molecule has 0 bridgehead atoms. The van der Waals surface area contributed by atoms with Crippen molar-refractivity contribution >= 4 is 39.3 Å². The molecule has 1 amide bonds. The maximum Gasteiger partial charge on any atom is 0.410 e. The Morgan fingerprint density at radius 3 is 2.62 bits per heavy atom. The van der Waals surface area contributed by atoms with Gasteiger partial charge in [-0.25, -0.2) is 4.68 Å². The van der Waals surface area contributed by atoms with Gasteiger partial charge in [0.05, 0.1) is 12.2 Å². The van der Waals surface area contributed by atoms with Crippen molar-refractivity contribution in [1.29, 1.82) is 0 Å². The summed E-state index contributed by atoms with van der Waals surface area (Å²) in [6, 6.07) is 4.41. The molecule has 7 nitrogen and oxygen atoms in total. The number of carbonyl (C=O) groups excluding carboxylic acids is 1. The molecule has 0 fully saturated rings. The van der Waals surface area contributed by atoms with Gasteiger partial charge in [0.15, 0.2) is 11.7 Å². The summed E-state index contributed by atoms with van der Waals surface area (Å²) >= 11 is 9.67. The minimum Gasteiger partial charge on any atom is -0.362 e. The monoisotopic (exact) mass is 530 g/mol. The van der Waals surface area contributed by atoms with E-state index in [4.69, 9.17) is 11.6 Å². The number of halogens is 5. The third-order valence-electron chi connectivity index (χ3n) is 5.56. The molecule has 0 saturated carbocycles. The van der Waals surface area contributed by atoms with Crippen LogP contribution in [0.1, 0.15) is 45.8 Å². The van der Waals surface area contributed by atoms with Gasteiger partial charge < -0.3 is 10.6 Å². The highest BCUT2D eigenvalue weighted by Crippen LogP contribution is 2.46. The highest BCUT2D eigenvalue weighted by atomic mass is 79.9. The molecule has 32 heavy (non-hydrogen) atoms. The van der Waals surface area contributed by atoms with Gasteiger partial charge in [0.25, 0.3) is 5.91 Å². The third-order valence-corrected chi connectivity index (χ3v) is 6.45. The molecule has 3 aromatic rings. The Morgan fingerprint density at radius 1 is 1.34 bits per heavy atom. The first kappa shape index (κ1) is 22.7. The number of alkyl halides is 3. The van der Waals surface area contributed by atoms with E-state index in [1.54, 1.807) is 42.2 Å². The molecular weight excluding hydrogens is 513 g/mol. The highest BCUT2D eigenvalue weighted by molar-refractivity contribution is 9.10. The zero-order valence-corrected chi connectivity index (χ0v) is 19.4. The first-order chi connectivity index (χ1) is 15.1. The number of amides is 1. The van der Waals surface area contributed by atoms with Crippen molar-refractivity contribution in [2.45, 2.75) is 38.1 Å². The van der Waals surface area contributed by atoms with Crippen LogP contribution in [0.25, 0.3) is 0 Å². The average Bonchev–Trinajstić information content (AvgIpc) is 3.25. The lowest BCUT2D eigenvalue weighted by molar-refractivity contribution is -0.173. The molecule has 0 unspecified atom stereocenters. The number of rotatable bonds is 4. The summed E-state index contributed by atoms with van der Waals surface area (Å²) in [5, 5.41) is 13.6. The first-order valence-electron chi connectivity index (χ1n) is 9.68. The van der Waals surface area contributed by atoms with Crippen molar-refractivity contribution in [3.63, 3.8) is 0 Å². The van der Waals surface area contributed by atoms with E-state index < -0.39 is 24.2 Å². The van der Waals surface area contributed by atoms with Gasteiger partial charge in [-0.3, -0.25) is 9.48 Å². The Balaban J connectivity index is 1.63. The van der Waals surface area contributed by atoms with E-state index in [0.717, 1.165) is 20.4 Å². The maximum atomic E-state index is 13.9. The van der Waals surface area contributed by atoms with Gasteiger partial charge in [-0.15, -0.1) is 0 Å². The molecule has 3 heterocycles. The van der Waals surface area contributed by atoms with Crippen LogP contribution in [0.3, 0.4) is 0 Å². The number of nitrogens with one attached hydrogen (secondary N) is 2. The van der Waals surface area contributed by atoms with Crippen molar-refractivity contribution in [1.82, 2.24) is 24.9 Å². The van der Waals surface area contributed by atoms with Gasteiger partial charge in [-0.05, 0) is 24.6 Å². The van der Waals surface area contributed by atoms with Crippen LogP contribution in [0.4, 0.5) is 19.0 Å². The van der Waals surface area contributed by atoms with Crippen LogP contribution in [0, 0.1) is 6.92 Å². The Morgan fingerprint density at radius 2 is 2.03 bits per heavy atom. The summed E-state index contributed by atoms with van der Waals surface area (Å²) in [6.45, 7) is 1.99. The number of fused-ring (bicyclic) bond motifs is 1. The Hall–Kier alpha value is -2.53. The van der Waals surface area contributed by atoms with Crippen LogP contribution >= 0.6 is 27.5 Å². The van der Waals surface area contributed by atoms with Crippen molar-refractivity contribution in [3.8, 4) is 0 Å². The van der Waals surface area contributed by atoms with Crippen molar-refractivity contribution < 1.29 is 18.0 Å². The van der Waals surface area contributed by atoms with Gasteiger partial charge in [0.2, 0.25) is 0 Å². The van der Waals surface area contributed by atoms with Gasteiger partial charge >= 0.3 is 6.18 Å². The van der Waals surface area contributed by atoms with Gasteiger partial charge in [0.1, 0.15) is 10.8 Å². The summed E-state index contributed by atoms with van der Waals surface area (Å²) in [5.74, 6) is -0.695. The van der Waals surface area contributed by atoms with E-state index in [-0.39, 0.29) is 29.5 Å². The Labute approximate surface area is 195 Å². The molecule has 1 aliphatic heterocycles. The molecule has 1 aromatic carbocycles. The lowest BCUT2D eigenvalue weighted by atomic mass is 9.97. The number of anilines is 1. The van der Waals surface area contributed by atoms with Crippen molar-refractivity contribution in [3.05, 3.63) is 62.5 Å². The minimum absolute atomic E-state index is 0.0316. The summed E-state index contributed by atoms with van der Waals surface area (Å²) < 4.78 is 44.9. The second-order valence-corrected chi connectivity index (χ2v) is 8.85. The highest BCUT2D eigenvalue weighted by Gasteiger charge is 2.47. The molecule has 2 aromatic heterocycles. The number of hydrogen-bond donors (Lipinski definition) is 2. The van der Waals surface area contributed by atoms with Crippen LogP contribution in [-0.4, -0.2) is 31.6 Å². The lowest BCUT2D eigenvalue weighted by Crippen LogP contribution is -2.35. The molecule has 12 heteroatoms. The molecule has 2 N–H and O–H groups in total. The van der Waals surface area contributed by atoms with Crippen LogP contribution in [0.15, 0.2) is 34.9 Å². The second-order valence-electron chi connectivity index (χ2n) is 7.56. The molecule has 0 aliphatic carbocycles. The molecule has 0 spiro atoms.